The fraction of sp³-hybridized carbons (Fsp3) is 0.167. The predicted octanol–water partition coefficient (Wildman–Crippen LogP) is 1.56. The van der Waals surface area contributed by atoms with Crippen molar-refractivity contribution in [3.8, 4) is 5.69 Å². The number of carboxylic acid groups (broad SMARTS) is 1. The third-order valence-electron chi connectivity index (χ3n) is 2.45. The summed E-state index contributed by atoms with van der Waals surface area (Å²) in [5.74, 6) is -1.19. The Morgan fingerprint density at radius 1 is 1.33 bits per heavy atom. The van der Waals surface area contributed by atoms with Gasteiger partial charge < -0.3 is 5.11 Å². The Morgan fingerprint density at radius 2 is 2.06 bits per heavy atom. The molecule has 0 aliphatic heterocycles. The highest BCUT2D eigenvalue weighted by Crippen LogP contribution is 2.13. The Hall–Kier alpha value is -2.50. The van der Waals surface area contributed by atoms with E-state index in [1.165, 1.54) is 12.3 Å². The lowest BCUT2D eigenvalue weighted by atomic mass is 10.2. The average Bonchev–Trinajstić information content (AvgIpc) is 2.87. The zero-order valence-corrected chi connectivity index (χ0v) is 9.70. The smallest absolute Gasteiger partial charge is 0.337 e. The molecule has 0 saturated carbocycles. The van der Waals surface area contributed by atoms with Crippen molar-refractivity contribution in [3.05, 3.63) is 41.7 Å². The minimum absolute atomic E-state index is 0.0867. The van der Waals surface area contributed by atoms with Crippen LogP contribution in [0.3, 0.4) is 0 Å². The van der Waals surface area contributed by atoms with E-state index < -0.39 is 5.97 Å². The van der Waals surface area contributed by atoms with Crippen molar-refractivity contribution >= 4 is 11.8 Å². The molecule has 92 valence electrons. The second-order valence-corrected chi connectivity index (χ2v) is 3.62. The monoisotopic (exact) mass is 245 g/mol. The standard InChI is InChI=1S/C12H11N3O3/c1-2-11(16)9-7-13-15(14-9)10-6-4-3-5-8(10)12(17)18/h3-7H,2H2,1H3,(H,17,18). The van der Waals surface area contributed by atoms with Gasteiger partial charge in [0, 0.05) is 6.42 Å². The quantitative estimate of drug-likeness (QED) is 0.826. The molecule has 0 spiro atoms. The molecule has 0 bridgehead atoms. The molecule has 6 nitrogen and oxygen atoms in total. The normalized spacial score (nSPS) is 10.3. The number of carbonyl (C=O) groups excluding carboxylic acids is 1. The largest absolute Gasteiger partial charge is 0.478 e. The number of aromatic nitrogens is 3. The minimum Gasteiger partial charge on any atom is -0.478 e. The van der Waals surface area contributed by atoms with E-state index in [1.54, 1.807) is 25.1 Å². The zero-order chi connectivity index (χ0) is 13.1. The molecule has 18 heavy (non-hydrogen) atoms. The highest BCUT2D eigenvalue weighted by molar-refractivity contribution is 5.94. The molecule has 0 aliphatic rings. The van der Waals surface area contributed by atoms with Crippen LogP contribution in [0.5, 0.6) is 0 Å². The van der Waals surface area contributed by atoms with Gasteiger partial charge in [-0.05, 0) is 12.1 Å². The van der Waals surface area contributed by atoms with Gasteiger partial charge in [0.15, 0.2) is 5.78 Å². The highest BCUT2D eigenvalue weighted by atomic mass is 16.4. The van der Waals surface area contributed by atoms with E-state index in [2.05, 4.69) is 10.2 Å². The first-order valence-electron chi connectivity index (χ1n) is 5.41. The third kappa shape index (κ3) is 2.13. The molecule has 0 radical (unpaired) electrons. The Labute approximate surface area is 103 Å². The fourth-order valence-corrected chi connectivity index (χ4v) is 1.52. The van der Waals surface area contributed by atoms with Crippen molar-refractivity contribution in [1.82, 2.24) is 15.0 Å². The number of hydrogen-bond acceptors (Lipinski definition) is 4. The maximum Gasteiger partial charge on any atom is 0.337 e. The molecule has 0 fully saturated rings. The molecule has 0 atom stereocenters. The molecule has 1 aromatic carbocycles. The van der Waals surface area contributed by atoms with Crippen molar-refractivity contribution in [2.45, 2.75) is 13.3 Å². The number of carbonyl (C=O) groups is 2. The van der Waals surface area contributed by atoms with Crippen molar-refractivity contribution in [2.24, 2.45) is 0 Å². The van der Waals surface area contributed by atoms with Gasteiger partial charge in [-0.3, -0.25) is 4.79 Å². The Balaban J connectivity index is 2.46. The highest BCUT2D eigenvalue weighted by Gasteiger charge is 2.14. The summed E-state index contributed by atoms with van der Waals surface area (Å²) in [6, 6.07) is 6.35. The van der Waals surface area contributed by atoms with Crippen molar-refractivity contribution in [1.29, 1.82) is 0 Å². The molecule has 0 saturated heterocycles. The second-order valence-electron chi connectivity index (χ2n) is 3.62. The summed E-state index contributed by atoms with van der Waals surface area (Å²) < 4.78 is 0. The molecule has 0 amide bonds. The van der Waals surface area contributed by atoms with Crippen LogP contribution < -0.4 is 0 Å². The van der Waals surface area contributed by atoms with Crippen molar-refractivity contribution in [2.75, 3.05) is 0 Å². The van der Waals surface area contributed by atoms with Gasteiger partial charge in [-0.2, -0.15) is 9.90 Å². The van der Waals surface area contributed by atoms with Gasteiger partial charge in [-0.15, -0.1) is 5.10 Å². The average molecular weight is 245 g/mol. The summed E-state index contributed by atoms with van der Waals surface area (Å²) in [7, 11) is 0. The lowest BCUT2D eigenvalue weighted by Crippen LogP contribution is -2.08. The predicted molar refractivity (Wildman–Crippen MR) is 62.9 cm³/mol. The van der Waals surface area contributed by atoms with Gasteiger partial charge in [0.2, 0.25) is 0 Å². The number of hydrogen-bond donors (Lipinski definition) is 1. The molecule has 1 N–H and O–H groups in total. The molecule has 6 heteroatoms. The first kappa shape index (κ1) is 12.0. The van der Waals surface area contributed by atoms with Crippen molar-refractivity contribution < 1.29 is 14.7 Å². The Kier molecular flexibility index (Phi) is 3.18. The van der Waals surface area contributed by atoms with E-state index >= 15 is 0 Å². The van der Waals surface area contributed by atoms with Gasteiger partial charge >= 0.3 is 5.97 Å². The Bertz CT molecular complexity index is 604. The van der Waals surface area contributed by atoms with Crippen LogP contribution in [0.1, 0.15) is 34.2 Å². The van der Waals surface area contributed by atoms with Gasteiger partial charge in [0.25, 0.3) is 0 Å². The van der Waals surface area contributed by atoms with Gasteiger partial charge in [-0.25, -0.2) is 4.79 Å². The number of ketones is 1. The van der Waals surface area contributed by atoms with Crippen molar-refractivity contribution in [3.63, 3.8) is 0 Å². The molecule has 1 heterocycles. The van der Waals surface area contributed by atoms with E-state index in [9.17, 15) is 9.59 Å². The van der Waals surface area contributed by atoms with Gasteiger partial charge in [-0.1, -0.05) is 19.1 Å². The van der Waals surface area contributed by atoms with Crippen LogP contribution in [0.4, 0.5) is 0 Å². The van der Waals surface area contributed by atoms with E-state index in [-0.39, 0.29) is 17.0 Å². The van der Waals surface area contributed by atoms with E-state index in [1.807, 2.05) is 0 Å². The van der Waals surface area contributed by atoms with Crippen LogP contribution in [0, 0.1) is 0 Å². The number of para-hydroxylation sites is 1. The maximum absolute atomic E-state index is 11.4. The first-order chi connectivity index (χ1) is 8.63. The lowest BCUT2D eigenvalue weighted by Gasteiger charge is -2.03. The second kappa shape index (κ2) is 4.79. The lowest BCUT2D eigenvalue weighted by molar-refractivity contribution is 0.0696. The number of aromatic carboxylic acids is 1. The minimum atomic E-state index is -1.06. The molecule has 1 aromatic heterocycles. The van der Waals surface area contributed by atoms with Crippen LogP contribution in [-0.2, 0) is 0 Å². The van der Waals surface area contributed by atoms with E-state index in [0.717, 1.165) is 4.80 Å². The van der Waals surface area contributed by atoms with Gasteiger partial charge in [0.1, 0.15) is 11.4 Å². The molecular formula is C12H11N3O3. The summed E-state index contributed by atoms with van der Waals surface area (Å²) >= 11 is 0. The molecule has 0 unspecified atom stereocenters. The Morgan fingerprint density at radius 3 is 2.72 bits per heavy atom. The third-order valence-corrected chi connectivity index (χ3v) is 2.45. The van der Waals surface area contributed by atoms with Crippen LogP contribution >= 0.6 is 0 Å². The topological polar surface area (TPSA) is 85.1 Å². The number of Topliss-reactive ketones (excluding diaryl/α,β-unsaturated/α-hetero) is 1. The number of carboxylic acids is 1. The van der Waals surface area contributed by atoms with E-state index in [0.29, 0.717) is 12.1 Å². The van der Waals surface area contributed by atoms with E-state index in [4.69, 9.17) is 5.11 Å². The maximum atomic E-state index is 11.4. The van der Waals surface area contributed by atoms with Crippen LogP contribution in [-0.4, -0.2) is 31.9 Å². The number of benzene rings is 1. The summed E-state index contributed by atoms with van der Waals surface area (Å²) in [6.07, 6.45) is 1.67. The summed E-state index contributed by atoms with van der Waals surface area (Å²) in [4.78, 5) is 23.7. The fourth-order valence-electron chi connectivity index (χ4n) is 1.52. The van der Waals surface area contributed by atoms with Gasteiger partial charge in [0.05, 0.1) is 11.8 Å². The van der Waals surface area contributed by atoms with Crippen LogP contribution in [0.15, 0.2) is 30.5 Å². The number of nitrogens with zero attached hydrogens (tertiary/aromatic N) is 3. The first-order valence-corrected chi connectivity index (χ1v) is 5.41. The summed E-state index contributed by atoms with van der Waals surface area (Å²) in [6.45, 7) is 1.73. The molecule has 2 aromatic rings. The zero-order valence-electron chi connectivity index (χ0n) is 9.70. The summed E-state index contributed by atoms with van der Waals surface area (Å²) in [5.41, 5.74) is 0.654. The number of rotatable bonds is 4. The SMILES string of the molecule is CCC(=O)c1cnn(-c2ccccc2C(=O)O)n1. The molecule has 0 aliphatic carbocycles. The van der Waals surface area contributed by atoms with Crippen LogP contribution in [0.25, 0.3) is 5.69 Å². The van der Waals surface area contributed by atoms with Crippen LogP contribution in [0.2, 0.25) is 0 Å². The summed E-state index contributed by atoms with van der Waals surface area (Å²) in [5, 5.41) is 17.0. The molecular weight excluding hydrogens is 234 g/mol. The molecule has 2 rings (SSSR count).